The highest BCUT2D eigenvalue weighted by Gasteiger charge is 2.12. The quantitative estimate of drug-likeness (QED) is 0.836. The van der Waals surface area contributed by atoms with Crippen LogP contribution in [0.5, 0.6) is 0 Å². The molecule has 2 heteroatoms. The van der Waals surface area contributed by atoms with Crippen LogP contribution in [0.25, 0.3) is 0 Å². The minimum absolute atomic E-state index is 0.489. The van der Waals surface area contributed by atoms with Crippen LogP contribution in [0, 0.1) is 20.8 Å². The number of hydrogen-bond donors (Lipinski definition) is 1. The van der Waals surface area contributed by atoms with E-state index in [4.69, 9.17) is 0 Å². The van der Waals surface area contributed by atoms with Gasteiger partial charge in [-0.2, -0.15) is 0 Å². The predicted octanol–water partition coefficient (Wildman–Crippen LogP) is 3.76. The zero-order valence-electron chi connectivity index (χ0n) is 9.82. The summed E-state index contributed by atoms with van der Waals surface area (Å²) in [5.74, 6) is 0. The van der Waals surface area contributed by atoms with Crippen molar-refractivity contribution in [1.29, 1.82) is 0 Å². The lowest BCUT2D eigenvalue weighted by Gasteiger charge is -2.11. The molecule has 84 valence electrons. The van der Waals surface area contributed by atoms with Gasteiger partial charge in [0.05, 0.1) is 0 Å². The molecular weight excluding hydrogens is 216 g/mol. The van der Waals surface area contributed by atoms with Gasteiger partial charge in [-0.15, -0.1) is 11.3 Å². The third-order valence-electron chi connectivity index (χ3n) is 2.59. The van der Waals surface area contributed by atoms with Crippen molar-refractivity contribution in [3.8, 4) is 0 Å². The zero-order chi connectivity index (χ0) is 11.7. The number of benzene rings is 1. The molecule has 1 atom stereocenters. The van der Waals surface area contributed by atoms with Crippen molar-refractivity contribution in [2.45, 2.75) is 26.9 Å². The molecule has 1 N–H and O–H groups in total. The maximum Gasteiger partial charge on any atom is 0.113 e. The number of aryl methyl sites for hydroxylation is 3. The largest absolute Gasteiger partial charge is 0.383 e. The molecule has 1 heterocycles. The summed E-state index contributed by atoms with van der Waals surface area (Å²) >= 11 is 1.65. The molecular formula is C14H16OS. The molecule has 1 nitrogen and oxygen atoms in total. The fourth-order valence-corrected chi connectivity index (χ4v) is 2.82. The highest BCUT2D eigenvalue weighted by Crippen LogP contribution is 2.29. The summed E-state index contributed by atoms with van der Waals surface area (Å²) < 4.78 is 0. The standard InChI is InChI=1S/C14H16OS/c1-9-6-10(2)8-12(7-9)14(15)13-5-4-11(3)16-13/h4-8,14-15H,1-3H3/t14-/m0/s1. The monoisotopic (exact) mass is 232 g/mol. The van der Waals surface area contributed by atoms with Gasteiger partial charge in [0.2, 0.25) is 0 Å². The second-order valence-electron chi connectivity index (χ2n) is 4.27. The molecule has 2 aromatic rings. The Labute approximate surface area is 100 Å². The minimum Gasteiger partial charge on any atom is -0.383 e. The Bertz CT molecular complexity index is 479. The molecule has 16 heavy (non-hydrogen) atoms. The Balaban J connectivity index is 2.37. The lowest BCUT2D eigenvalue weighted by molar-refractivity contribution is 0.224. The maximum absolute atomic E-state index is 10.3. The van der Waals surface area contributed by atoms with E-state index in [1.807, 2.05) is 24.3 Å². The van der Waals surface area contributed by atoms with Crippen molar-refractivity contribution < 1.29 is 5.11 Å². The van der Waals surface area contributed by atoms with Gasteiger partial charge in [0.25, 0.3) is 0 Å². The van der Waals surface area contributed by atoms with Gasteiger partial charge < -0.3 is 5.11 Å². The molecule has 0 fully saturated rings. The van der Waals surface area contributed by atoms with E-state index in [9.17, 15) is 5.11 Å². The zero-order valence-corrected chi connectivity index (χ0v) is 10.6. The van der Waals surface area contributed by atoms with Crippen LogP contribution in [0.15, 0.2) is 30.3 Å². The summed E-state index contributed by atoms with van der Waals surface area (Å²) in [7, 11) is 0. The molecule has 0 bridgehead atoms. The summed E-state index contributed by atoms with van der Waals surface area (Å²) in [6.07, 6.45) is -0.489. The highest BCUT2D eigenvalue weighted by atomic mass is 32.1. The van der Waals surface area contributed by atoms with E-state index in [0.717, 1.165) is 10.4 Å². The lowest BCUT2D eigenvalue weighted by atomic mass is 10.0. The fraction of sp³-hybridized carbons (Fsp3) is 0.286. The molecule has 0 aliphatic rings. The van der Waals surface area contributed by atoms with Crippen LogP contribution < -0.4 is 0 Å². The average Bonchev–Trinajstić information content (AvgIpc) is 2.62. The van der Waals surface area contributed by atoms with Crippen molar-refractivity contribution in [3.05, 3.63) is 56.8 Å². The Kier molecular flexibility index (Phi) is 3.13. The van der Waals surface area contributed by atoms with Crippen molar-refractivity contribution in [3.63, 3.8) is 0 Å². The average molecular weight is 232 g/mol. The SMILES string of the molecule is Cc1cc(C)cc([C@H](O)c2ccc(C)s2)c1. The van der Waals surface area contributed by atoms with E-state index >= 15 is 0 Å². The van der Waals surface area contributed by atoms with Crippen LogP contribution in [0.4, 0.5) is 0 Å². The molecule has 1 aromatic carbocycles. The van der Waals surface area contributed by atoms with Gasteiger partial charge in [-0.05, 0) is 38.5 Å². The summed E-state index contributed by atoms with van der Waals surface area (Å²) in [5, 5.41) is 10.3. The van der Waals surface area contributed by atoms with Gasteiger partial charge in [-0.1, -0.05) is 29.3 Å². The van der Waals surface area contributed by atoms with E-state index in [0.29, 0.717) is 0 Å². The summed E-state index contributed by atoms with van der Waals surface area (Å²) in [4.78, 5) is 2.25. The number of thiophene rings is 1. The van der Waals surface area contributed by atoms with E-state index in [2.05, 4.69) is 26.8 Å². The first-order chi connectivity index (χ1) is 7.56. The fourth-order valence-electron chi connectivity index (χ4n) is 1.93. The first-order valence-corrected chi connectivity index (χ1v) is 6.20. The molecule has 0 unspecified atom stereocenters. The van der Waals surface area contributed by atoms with Crippen molar-refractivity contribution >= 4 is 11.3 Å². The summed E-state index contributed by atoms with van der Waals surface area (Å²) in [6, 6.07) is 10.3. The van der Waals surface area contributed by atoms with Crippen LogP contribution in [0.3, 0.4) is 0 Å². The smallest absolute Gasteiger partial charge is 0.113 e. The molecule has 0 spiro atoms. The first kappa shape index (κ1) is 11.4. The van der Waals surface area contributed by atoms with Gasteiger partial charge in [-0.25, -0.2) is 0 Å². The number of rotatable bonds is 2. The van der Waals surface area contributed by atoms with Crippen LogP contribution in [0.1, 0.15) is 32.5 Å². The molecule has 0 aliphatic heterocycles. The Hall–Kier alpha value is -1.12. The predicted molar refractivity (Wildman–Crippen MR) is 69.0 cm³/mol. The minimum atomic E-state index is -0.489. The molecule has 0 radical (unpaired) electrons. The van der Waals surface area contributed by atoms with Crippen molar-refractivity contribution in [2.24, 2.45) is 0 Å². The molecule has 0 saturated heterocycles. The van der Waals surface area contributed by atoms with E-state index in [-0.39, 0.29) is 0 Å². The summed E-state index contributed by atoms with van der Waals surface area (Å²) in [6.45, 7) is 6.17. The number of hydrogen-bond acceptors (Lipinski definition) is 2. The van der Waals surface area contributed by atoms with Gasteiger partial charge in [0, 0.05) is 9.75 Å². The second-order valence-corrected chi connectivity index (χ2v) is 5.59. The topological polar surface area (TPSA) is 20.2 Å². The van der Waals surface area contributed by atoms with Crippen LogP contribution in [-0.4, -0.2) is 5.11 Å². The molecule has 1 aromatic heterocycles. The van der Waals surface area contributed by atoms with Crippen molar-refractivity contribution in [1.82, 2.24) is 0 Å². The third kappa shape index (κ3) is 2.34. The van der Waals surface area contributed by atoms with E-state index < -0.39 is 6.10 Å². The van der Waals surface area contributed by atoms with Crippen LogP contribution in [-0.2, 0) is 0 Å². The number of aliphatic hydroxyl groups excluding tert-OH is 1. The van der Waals surface area contributed by atoms with Gasteiger partial charge in [0.1, 0.15) is 6.10 Å². The Morgan fingerprint density at radius 1 is 1.00 bits per heavy atom. The Morgan fingerprint density at radius 2 is 1.62 bits per heavy atom. The van der Waals surface area contributed by atoms with Gasteiger partial charge in [0.15, 0.2) is 0 Å². The first-order valence-electron chi connectivity index (χ1n) is 5.39. The van der Waals surface area contributed by atoms with Crippen LogP contribution >= 0.6 is 11.3 Å². The van der Waals surface area contributed by atoms with Crippen LogP contribution in [0.2, 0.25) is 0 Å². The highest BCUT2D eigenvalue weighted by molar-refractivity contribution is 7.12. The van der Waals surface area contributed by atoms with Crippen molar-refractivity contribution in [2.75, 3.05) is 0 Å². The Morgan fingerprint density at radius 3 is 2.12 bits per heavy atom. The van der Waals surface area contributed by atoms with E-state index in [1.165, 1.54) is 16.0 Å². The number of aliphatic hydroxyl groups is 1. The van der Waals surface area contributed by atoms with E-state index in [1.54, 1.807) is 11.3 Å². The maximum atomic E-state index is 10.3. The molecule has 0 aliphatic carbocycles. The third-order valence-corrected chi connectivity index (χ3v) is 3.64. The lowest BCUT2D eigenvalue weighted by Crippen LogP contribution is -1.98. The normalized spacial score (nSPS) is 12.8. The molecule has 0 saturated carbocycles. The summed E-state index contributed by atoms with van der Waals surface area (Å²) in [5.41, 5.74) is 3.38. The molecule has 0 amide bonds. The van der Waals surface area contributed by atoms with Gasteiger partial charge in [-0.3, -0.25) is 0 Å². The van der Waals surface area contributed by atoms with Gasteiger partial charge >= 0.3 is 0 Å². The second kappa shape index (κ2) is 4.40. The molecule has 2 rings (SSSR count).